The summed E-state index contributed by atoms with van der Waals surface area (Å²) in [6, 6.07) is 17.6. The Labute approximate surface area is 168 Å². The van der Waals surface area contributed by atoms with Gasteiger partial charge in [-0.3, -0.25) is 0 Å². The number of benzene rings is 2. The molecule has 2 aromatic carbocycles. The molecule has 0 fully saturated rings. The summed E-state index contributed by atoms with van der Waals surface area (Å²) in [5, 5.41) is 4.80. The largest absolute Gasteiger partial charge is 0.487 e. The van der Waals surface area contributed by atoms with E-state index in [1.165, 1.54) is 0 Å². The summed E-state index contributed by atoms with van der Waals surface area (Å²) in [6.07, 6.45) is 1.55. The van der Waals surface area contributed by atoms with Crippen molar-refractivity contribution in [3.63, 3.8) is 0 Å². The number of anilines is 2. The van der Waals surface area contributed by atoms with Crippen LogP contribution in [0, 0.1) is 0 Å². The fraction of sp³-hybridized carbons (Fsp3) is 0.0526. The van der Waals surface area contributed by atoms with Crippen molar-refractivity contribution in [2.24, 2.45) is 0 Å². The molecule has 0 aliphatic carbocycles. The van der Waals surface area contributed by atoms with Crippen LogP contribution in [0.25, 0.3) is 10.2 Å². The van der Waals surface area contributed by atoms with Gasteiger partial charge in [-0.05, 0) is 45.8 Å². The summed E-state index contributed by atoms with van der Waals surface area (Å²) in [6.45, 7) is 0.475. The molecule has 0 spiro atoms. The van der Waals surface area contributed by atoms with E-state index in [2.05, 4.69) is 31.2 Å². The van der Waals surface area contributed by atoms with E-state index in [0.717, 1.165) is 31.1 Å². The number of thiophene rings is 1. The highest BCUT2D eigenvalue weighted by atomic mass is 79.9. The minimum absolute atomic E-state index is 0.475. The molecule has 4 nitrogen and oxygen atoms in total. The number of nitrogens with one attached hydrogen (secondary N) is 1. The Kier molecular flexibility index (Phi) is 5.06. The quantitative estimate of drug-likeness (QED) is 0.384. The Bertz CT molecular complexity index is 1060. The predicted octanol–water partition coefficient (Wildman–Crippen LogP) is 6.43. The highest BCUT2D eigenvalue weighted by Crippen LogP contribution is 2.34. The second-order valence-electron chi connectivity index (χ2n) is 5.54. The number of rotatable bonds is 5. The molecule has 4 aromatic rings. The van der Waals surface area contributed by atoms with E-state index >= 15 is 0 Å². The third-order valence-corrected chi connectivity index (χ3v) is 5.57. The molecule has 0 saturated carbocycles. The van der Waals surface area contributed by atoms with Gasteiger partial charge in [0.15, 0.2) is 0 Å². The van der Waals surface area contributed by atoms with E-state index in [-0.39, 0.29) is 0 Å². The van der Waals surface area contributed by atoms with E-state index in [4.69, 9.17) is 16.3 Å². The number of halogens is 2. The third kappa shape index (κ3) is 3.82. The van der Waals surface area contributed by atoms with Gasteiger partial charge in [-0.15, -0.1) is 11.3 Å². The first-order chi connectivity index (χ1) is 12.7. The van der Waals surface area contributed by atoms with Gasteiger partial charge in [-0.2, -0.15) is 0 Å². The first-order valence-electron chi connectivity index (χ1n) is 7.82. The number of aromatic nitrogens is 2. The minimum Gasteiger partial charge on any atom is -0.487 e. The maximum absolute atomic E-state index is 6.38. The van der Waals surface area contributed by atoms with Gasteiger partial charge in [-0.1, -0.05) is 41.9 Å². The van der Waals surface area contributed by atoms with Crippen molar-refractivity contribution < 1.29 is 4.74 Å². The van der Waals surface area contributed by atoms with E-state index in [1.807, 2.05) is 54.6 Å². The van der Waals surface area contributed by atoms with Crippen molar-refractivity contribution in [1.82, 2.24) is 9.97 Å². The van der Waals surface area contributed by atoms with Crippen LogP contribution < -0.4 is 10.1 Å². The Morgan fingerprint density at radius 1 is 1.08 bits per heavy atom. The first-order valence-corrected chi connectivity index (χ1v) is 9.81. The normalized spacial score (nSPS) is 10.8. The summed E-state index contributed by atoms with van der Waals surface area (Å²) >= 11 is 11.4. The van der Waals surface area contributed by atoms with Crippen LogP contribution in [0.15, 0.2) is 64.7 Å². The molecule has 2 heterocycles. The van der Waals surface area contributed by atoms with Gasteiger partial charge in [0, 0.05) is 5.69 Å². The van der Waals surface area contributed by atoms with Crippen molar-refractivity contribution in [2.75, 3.05) is 5.32 Å². The average molecular weight is 447 g/mol. The summed E-state index contributed by atoms with van der Waals surface area (Å²) in [5.74, 6) is 1.39. The molecular formula is C19H13BrClN3OS. The zero-order valence-corrected chi connectivity index (χ0v) is 16.6. The van der Waals surface area contributed by atoms with Crippen molar-refractivity contribution in [1.29, 1.82) is 0 Å². The fourth-order valence-electron chi connectivity index (χ4n) is 2.49. The smallest absolute Gasteiger partial charge is 0.142 e. The fourth-order valence-corrected chi connectivity index (χ4v) is 4.14. The molecule has 7 heteroatoms. The van der Waals surface area contributed by atoms with Crippen molar-refractivity contribution in [2.45, 2.75) is 6.61 Å². The Morgan fingerprint density at radius 3 is 2.73 bits per heavy atom. The second-order valence-corrected chi connectivity index (χ2v) is 8.35. The van der Waals surface area contributed by atoms with Gasteiger partial charge in [-0.25, -0.2) is 9.97 Å². The Morgan fingerprint density at radius 2 is 1.92 bits per heavy atom. The van der Waals surface area contributed by atoms with E-state index in [9.17, 15) is 0 Å². The predicted molar refractivity (Wildman–Crippen MR) is 111 cm³/mol. The molecule has 0 atom stereocenters. The molecule has 0 bridgehead atoms. The topological polar surface area (TPSA) is 47.0 Å². The van der Waals surface area contributed by atoms with Gasteiger partial charge < -0.3 is 10.1 Å². The summed E-state index contributed by atoms with van der Waals surface area (Å²) in [4.78, 5) is 9.53. The van der Waals surface area contributed by atoms with Gasteiger partial charge in [0.05, 0.1) is 14.2 Å². The number of ether oxygens (including phenoxy) is 1. The minimum atomic E-state index is 0.475. The van der Waals surface area contributed by atoms with Crippen LogP contribution >= 0.6 is 38.9 Å². The lowest BCUT2D eigenvalue weighted by Crippen LogP contribution is -1.97. The molecule has 0 radical (unpaired) electrons. The molecule has 26 heavy (non-hydrogen) atoms. The van der Waals surface area contributed by atoms with Gasteiger partial charge in [0.1, 0.15) is 29.3 Å². The Hall–Kier alpha value is -2.15. The zero-order chi connectivity index (χ0) is 17.9. The SMILES string of the molecule is Clc1cc(Nc2ncnc3sc(Br)cc23)ccc1OCc1ccccc1. The second kappa shape index (κ2) is 7.61. The lowest BCUT2D eigenvalue weighted by atomic mass is 10.2. The van der Waals surface area contributed by atoms with Crippen LogP contribution in [0.5, 0.6) is 5.75 Å². The highest BCUT2D eigenvalue weighted by Gasteiger charge is 2.09. The Balaban J connectivity index is 1.52. The first kappa shape index (κ1) is 17.3. The highest BCUT2D eigenvalue weighted by molar-refractivity contribution is 9.11. The van der Waals surface area contributed by atoms with Crippen molar-refractivity contribution in [3.05, 3.63) is 75.3 Å². The molecule has 0 aliphatic rings. The molecule has 0 amide bonds. The van der Waals surface area contributed by atoms with Crippen molar-refractivity contribution in [3.8, 4) is 5.75 Å². The third-order valence-electron chi connectivity index (χ3n) is 3.73. The van der Waals surface area contributed by atoms with Crippen LogP contribution in [-0.2, 0) is 6.61 Å². The molecule has 1 N–H and O–H groups in total. The standard InChI is InChI=1S/C19H13BrClN3OS/c20-17-9-14-18(22-11-23-19(14)26-17)24-13-6-7-16(15(21)8-13)25-10-12-4-2-1-3-5-12/h1-9,11H,10H2,(H,22,23,24). The summed E-state index contributed by atoms with van der Waals surface area (Å²) in [7, 11) is 0. The number of fused-ring (bicyclic) bond motifs is 1. The molecule has 4 rings (SSSR count). The molecule has 130 valence electrons. The maximum atomic E-state index is 6.38. The average Bonchev–Trinajstić information content (AvgIpc) is 3.03. The van der Waals surface area contributed by atoms with Gasteiger partial charge in [0.2, 0.25) is 0 Å². The lowest BCUT2D eigenvalue weighted by molar-refractivity contribution is 0.306. The van der Waals surface area contributed by atoms with Crippen LogP contribution in [0.1, 0.15) is 5.56 Å². The molecule has 0 unspecified atom stereocenters. The molecule has 2 aromatic heterocycles. The lowest BCUT2D eigenvalue weighted by Gasteiger charge is -2.11. The number of hydrogen-bond donors (Lipinski definition) is 1. The molecular weight excluding hydrogens is 434 g/mol. The van der Waals surface area contributed by atoms with Crippen LogP contribution in [0.4, 0.5) is 11.5 Å². The van der Waals surface area contributed by atoms with E-state index in [1.54, 1.807) is 17.7 Å². The zero-order valence-electron chi connectivity index (χ0n) is 13.4. The number of nitrogens with zero attached hydrogens (tertiary/aromatic N) is 2. The van der Waals surface area contributed by atoms with Gasteiger partial charge >= 0.3 is 0 Å². The van der Waals surface area contributed by atoms with E-state index < -0.39 is 0 Å². The number of hydrogen-bond acceptors (Lipinski definition) is 5. The van der Waals surface area contributed by atoms with Crippen molar-refractivity contribution >= 4 is 60.6 Å². The molecule has 0 aliphatic heterocycles. The monoisotopic (exact) mass is 445 g/mol. The van der Waals surface area contributed by atoms with Gasteiger partial charge in [0.25, 0.3) is 0 Å². The van der Waals surface area contributed by atoms with E-state index in [0.29, 0.717) is 17.4 Å². The maximum Gasteiger partial charge on any atom is 0.142 e. The van der Waals surface area contributed by atoms with Crippen LogP contribution in [0.3, 0.4) is 0 Å². The van der Waals surface area contributed by atoms with Crippen LogP contribution in [0.2, 0.25) is 5.02 Å². The summed E-state index contributed by atoms with van der Waals surface area (Å²) in [5.41, 5.74) is 1.93. The van der Waals surface area contributed by atoms with Crippen LogP contribution in [-0.4, -0.2) is 9.97 Å². The summed E-state index contributed by atoms with van der Waals surface area (Å²) < 4.78 is 6.82. The molecule has 0 saturated heterocycles.